The lowest BCUT2D eigenvalue weighted by Crippen LogP contribution is -2.39. The van der Waals surface area contributed by atoms with Gasteiger partial charge in [-0.3, -0.25) is 4.79 Å². The maximum Gasteiger partial charge on any atom is 0.328 e. The molecule has 2 aromatic rings. The van der Waals surface area contributed by atoms with Crippen molar-refractivity contribution in [1.82, 2.24) is 5.32 Å². The Hall–Kier alpha value is -2.34. The monoisotopic (exact) mass is 391 g/mol. The molecule has 0 bridgehead atoms. The van der Waals surface area contributed by atoms with Gasteiger partial charge < -0.3 is 14.8 Å². The Kier molecular flexibility index (Phi) is 6.37. The zero-order chi connectivity index (χ0) is 17.5. The molecule has 6 heteroatoms. The minimum atomic E-state index is -0.754. The lowest BCUT2D eigenvalue weighted by Gasteiger charge is -2.14. The fourth-order valence-electron chi connectivity index (χ4n) is 2.06. The van der Waals surface area contributed by atoms with Gasteiger partial charge in [0.25, 0.3) is 5.91 Å². The van der Waals surface area contributed by atoms with Gasteiger partial charge in [-0.25, -0.2) is 4.79 Å². The van der Waals surface area contributed by atoms with E-state index in [1.54, 1.807) is 44.4 Å². The number of hydrogen-bond donors (Lipinski definition) is 1. The van der Waals surface area contributed by atoms with Gasteiger partial charge in [0.2, 0.25) is 0 Å². The molecule has 1 N–H and O–H groups in total. The largest absolute Gasteiger partial charge is 0.496 e. The minimum Gasteiger partial charge on any atom is -0.496 e. The first-order chi connectivity index (χ1) is 11.5. The van der Waals surface area contributed by atoms with Crippen LogP contribution in [0.3, 0.4) is 0 Å². The molecule has 0 fully saturated rings. The number of rotatable bonds is 6. The van der Waals surface area contributed by atoms with Crippen LogP contribution in [0.2, 0.25) is 0 Å². The van der Waals surface area contributed by atoms with Gasteiger partial charge in [-0.1, -0.05) is 34.1 Å². The summed E-state index contributed by atoms with van der Waals surface area (Å²) in [4.78, 5) is 24.1. The summed E-state index contributed by atoms with van der Waals surface area (Å²) in [6.07, 6.45) is 0. The van der Waals surface area contributed by atoms with Crippen molar-refractivity contribution in [3.05, 3.63) is 64.1 Å². The van der Waals surface area contributed by atoms with E-state index in [1.807, 2.05) is 18.2 Å². The Morgan fingerprint density at radius 2 is 1.88 bits per heavy atom. The number of methoxy groups -OCH3 is 1. The van der Waals surface area contributed by atoms with Crippen LogP contribution in [0.5, 0.6) is 5.75 Å². The number of nitrogens with one attached hydrogen (secondary N) is 1. The van der Waals surface area contributed by atoms with Gasteiger partial charge in [0, 0.05) is 15.6 Å². The fraction of sp³-hybridized carbons (Fsp3) is 0.222. The van der Waals surface area contributed by atoms with Crippen LogP contribution in [0.1, 0.15) is 22.8 Å². The summed E-state index contributed by atoms with van der Waals surface area (Å²) >= 11 is 3.37. The average Bonchev–Trinajstić information content (AvgIpc) is 2.60. The molecule has 2 aromatic carbocycles. The molecular weight excluding hydrogens is 374 g/mol. The molecule has 0 aliphatic carbocycles. The highest BCUT2D eigenvalue weighted by molar-refractivity contribution is 9.10. The quantitative estimate of drug-likeness (QED) is 0.767. The van der Waals surface area contributed by atoms with Crippen LogP contribution in [0.25, 0.3) is 0 Å². The molecule has 2 rings (SSSR count). The number of carbonyl (C=O) groups is 2. The number of esters is 1. The summed E-state index contributed by atoms with van der Waals surface area (Å²) in [6, 6.07) is 13.4. The van der Waals surface area contributed by atoms with Crippen molar-refractivity contribution in [2.45, 2.75) is 19.6 Å². The Labute approximate surface area is 149 Å². The zero-order valence-electron chi connectivity index (χ0n) is 13.4. The van der Waals surface area contributed by atoms with Gasteiger partial charge >= 0.3 is 5.97 Å². The van der Waals surface area contributed by atoms with Crippen LogP contribution in [0.15, 0.2) is 53.0 Å². The van der Waals surface area contributed by atoms with Crippen LogP contribution in [0.4, 0.5) is 0 Å². The van der Waals surface area contributed by atoms with Gasteiger partial charge in [-0.2, -0.15) is 0 Å². The van der Waals surface area contributed by atoms with Gasteiger partial charge in [-0.05, 0) is 37.3 Å². The minimum absolute atomic E-state index is 0.0625. The molecule has 1 amide bonds. The maximum atomic E-state index is 12.1. The second-order valence-electron chi connectivity index (χ2n) is 5.13. The van der Waals surface area contributed by atoms with E-state index in [-0.39, 0.29) is 12.5 Å². The van der Waals surface area contributed by atoms with E-state index in [4.69, 9.17) is 9.47 Å². The highest BCUT2D eigenvalue weighted by atomic mass is 79.9. The van der Waals surface area contributed by atoms with E-state index >= 15 is 0 Å². The van der Waals surface area contributed by atoms with Crippen molar-refractivity contribution in [3.8, 4) is 5.75 Å². The highest BCUT2D eigenvalue weighted by Crippen LogP contribution is 2.23. The average molecular weight is 392 g/mol. The van der Waals surface area contributed by atoms with Gasteiger partial charge in [0.1, 0.15) is 18.4 Å². The summed E-state index contributed by atoms with van der Waals surface area (Å²) in [6.45, 7) is 1.65. The van der Waals surface area contributed by atoms with Crippen LogP contribution < -0.4 is 10.1 Å². The topological polar surface area (TPSA) is 64.6 Å². The number of benzene rings is 2. The van der Waals surface area contributed by atoms with Gasteiger partial charge in [0.05, 0.1) is 7.11 Å². The van der Waals surface area contributed by atoms with Crippen LogP contribution in [0, 0.1) is 0 Å². The highest BCUT2D eigenvalue weighted by Gasteiger charge is 2.18. The van der Waals surface area contributed by atoms with E-state index in [9.17, 15) is 9.59 Å². The fourth-order valence-corrected chi connectivity index (χ4v) is 2.47. The van der Waals surface area contributed by atoms with E-state index < -0.39 is 12.0 Å². The SMILES string of the molecule is COc1ccc(Br)cc1COC(=O)[C@H](C)NC(=O)c1ccccc1. The number of hydrogen-bond acceptors (Lipinski definition) is 4. The molecule has 0 saturated heterocycles. The molecule has 126 valence electrons. The second-order valence-corrected chi connectivity index (χ2v) is 6.04. The first-order valence-corrected chi connectivity index (χ1v) is 8.15. The molecule has 1 atom stereocenters. The van der Waals surface area contributed by atoms with Crippen molar-refractivity contribution >= 4 is 27.8 Å². The third-order valence-electron chi connectivity index (χ3n) is 3.35. The Morgan fingerprint density at radius 3 is 2.54 bits per heavy atom. The van der Waals surface area contributed by atoms with E-state index in [2.05, 4.69) is 21.2 Å². The Balaban J connectivity index is 1.92. The number of amides is 1. The molecule has 0 aliphatic rings. The zero-order valence-corrected chi connectivity index (χ0v) is 15.0. The smallest absolute Gasteiger partial charge is 0.328 e. The summed E-state index contributed by atoms with van der Waals surface area (Å²) < 4.78 is 11.4. The first kappa shape index (κ1) is 18.0. The molecule has 0 unspecified atom stereocenters. The molecule has 0 spiro atoms. The maximum absolute atomic E-state index is 12.1. The Bertz CT molecular complexity index is 718. The predicted molar refractivity (Wildman–Crippen MR) is 93.9 cm³/mol. The lowest BCUT2D eigenvalue weighted by molar-refractivity contribution is -0.146. The van der Waals surface area contributed by atoms with Gasteiger partial charge in [-0.15, -0.1) is 0 Å². The van der Waals surface area contributed by atoms with Crippen molar-refractivity contribution < 1.29 is 19.1 Å². The van der Waals surface area contributed by atoms with Crippen LogP contribution in [-0.2, 0) is 16.1 Å². The van der Waals surface area contributed by atoms with Crippen molar-refractivity contribution in [2.24, 2.45) is 0 Å². The second kappa shape index (κ2) is 8.49. The van der Waals surface area contributed by atoms with Crippen molar-refractivity contribution in [2.75, 3.05) is 7.11 Å². The van der Waals surface area contributed by atoms with Gasteiger partial charge in [0.15, 0.2) is 0 Å². The summed E-state index contributed by atoms with van der Waals surface area (Å²) in [5.74, 6) is -0.201. The lowest BCUT2D eigenvalue weighted by atomic mass is 10.2. The summed E-state index contributed by atoms with van der Waals surface area (Å²) in [7, 11) is 1.55. The molecule has 24 heavy (non-hydrogen) atoms. The molecule has 0 aromatic heterocycles. The number of carbonyl (C=O) groups excluding carboxylic acids is 2. The molecule has 0 heterocycles. The number of halogens is 1. The summed E-state index contributed by atoms with van der Waals surface area (Å²) in [5.41, 5.74) is 1.23. The van der Waals surface area contributed by atoms with Crippen LogP contribution in [-0.4, -0.2) is 25.0 Å². The van der Waals surface area contributed by atoms with Crippen molar-refractivity contribution in [3.63, 3.8) is 0 Å². The van der Waals surface area contributed by atoms with Crippen LogP contribution >= 0.6 is 15.9 Å². The molecule has 5 nitrogen and oxygen atoms in total. The Morgan fingerprint density at radius 1 is 1.17 bits per heavy atom. The molecular formula is C18H18BrNO4. The molecule has 0 aliphatic heterocycles. The molecule has 0 saturated carbocycles. The third kappa shape index (κ3) is 4.83. The summed E-state index contributed by atoms with van der Waals surface area (Å²) in [5, 5.41) is 2.62. The first-order valence-electron chi connectivity index (χ1n) is 7.36. The predicted octanol–water partition coefficient (Wildman–Crippen LogP) is 3.32. The number of ether oxygens (including phenoxy) is 2. The third-order valence-corrected chi connectivity index (χ3v) is 3.84. The van der Waals surface area contributed by atoms with E-state index in [0.717, 1.165) is 10.0 Å². The van der Waals surface area contributed by atoms with E-state index in [1.165, 1.54) is 0 Å². The van der Waals surface area contributed by atoms with Crippen molar-refractivity contribution in [1.29, 1.82) is 0 Å². The molecule has 0 radical (unpaired) electrons. The standard InChI is InChI=1S/C18H18BrNO4/c1-12(20-17(21)13-6-4-3-5-7-13)18(22)24-11-14-10-15(19)8-9-16(14)23-2/h3-10,12H,11H2,1-2H3,(H,20,21)/t12-/m0/s1. The van der Waals surface area contributed by atoms with E-state index in [0.29, 0.717) is 11.3 Å². The normalized spacial score (nSPS) is 11.5.